The van der Waals surface area contributed by atoms with Crippen LogP contribution in [-0.2, 0) is 20.4 Å². The molecule has 0 saturated carbocycles. The molecule has 2 rings (SSSR count). The van der Waals surface area contributed by atoms with Crippen LogP contribution in [0.5, 0.6) is 0 Å². The van der Waals surface area contributed by atoms with E-state index in [4.69, 9.17) is 5.73 Å². The second-order valence-corrected chi connectivity index (χ2v) is 11.7. The Morgan fingerprint density at radius 1 is 0.838 bits per heavy atom. The molecule has 0 bridgehead atoms. The Kier molecular flexibility index (Phi) is 14.2. The van der Waals surface area contributed by atoms with E-state index in [0.29, 0.717) is 16.7 Å². The molecule has 13 heteroatoms. The van der Waals surface area contributed by atoms with Crippen LogP contribution < -0.4 is 11.1 Å². The number of nitro benzene ring substituents is 2. The summed E-state index contributed by atoms with van der Waals surface area (Å²) in [5.74, 6) is -0.235. The molecule has 0 radical (unpaired) electrons. The minimum Gasteiger partial charge on any atom is -0.398 e. The standard InChI is InChI=1S/C12H15BrN2O3.C10H14N2O2.C2H2Br2O/c1-12(2,3)9-5-4-8(15(17)18)6-10(9)14-11(16)7-13;1-10(2,3)8-5-4-7(12(13)14)6-9(8)11;3-1-2(4)5/h4-6H,7H2,1-3H3,(H,14,16);4-6H,11H2,1-3H3;1H2. The van der Waals surface area contributed by atoms with Crippen LogP contribution in [0.25, 0.3) is 0 Å². The number of nitro groups is 2. The average molecular weight is 711 g/mol. The number of non-ortho nitro benzene ring substituents is 2. The van der Waals surface area contributed by atoms with Gasteiger partial charge in [-0.15, -0.1) is 0 Å². The first-order chi connectivity index (χ1) is 16.8. The number of benzene rings is 2. The van der Waals surface area contributed by atoms with Crippen molar-refractivity contribution < 1.29 is 19.4 Å². The second-order valence-electron chi connectivity index (χ2n) is 9.69. The number of carbonyl (C=O) groups excluding carboxylic acids is 2. The van der Waals surface area contributed by atoms with Gasteiger partial charge in [-0.05, 0) is 50.0 Å². The van der Waals surface area contributed by atoms with E-state index in [1.165, 1.54) is 24.3 Å². The third-order valence-corrected chi connectivity index (χ3v) is 6.63. The van der Waals surface area contributed by atoms with Gasteiger partial charge in [0.25, 0.3) is 11.4 Å². The van der Waals surface area contributed by atoms with E-state index in [1.54, 1.807) is 12.1 Å². The van der Waals surface area contributed by atoms with Crippen molar-refractivity contribution in [1.29, 1.82) is 0 Å². The monoisotopic (exact) mass is 708 g/mol. The number of amides is 1. The number of nitrogens with one attached hydrogen (secondary N) is 1. The Balaban J connectivity index is 0.000000605. The van der Waals surface area contributed by atoms with Crippen molar-refractivity contribution in [2.75, 3.05) is 21.7 Å². The van der Waals surface area contributed by atoms with Crippen LogP contribution in [0.1, 0.15) is 52.7 Å². The lowest BCUT2D eigenvalue weighted by atomic mass is 9.85. The van der Waals surface area contributed by atoms with E-state index in [9.17, 15) is 29.8 Å². The number of carbonyl (C=O) groups is 2. The predicted molar refractivity (Wildman–Crippen MR) is 158 cm³/mol. The maximum absolute atomic E-state index is 11.4. The summed E-state index contributed by atoms with van der Waals surface area (Å²) in [4.78, 5) is 41.4. The highest BCUT2D eigenvalue weighted by atomic mass is 79.9. The van der Waals surface area contributed by atoms with Crippen molar-refractivity contribution in [1.82, 2.24) is 0 Å². The largest absolute Gasteiger partial charge is 0.398 e. The van der Waals surface area contributed by atoms with E-state index in [0.717, 1.165) is 11.1 Å². The third-order valence-electron chi connectivity index (χ3n) is 4.58. The van der Waals surface area contributed by atoms with Crippen molar-refractivity contribution in [3.05, 3.63) is 67.8 Å². The summed E-state index contributed by atoms with van der Waals surface area (Å²) >= 11 is 8.65. The molecule has 0 aliphatic carbocycles. The Bertz CT molecular complexity index is 1130. The molecule has 1 amide bonds. The summed E-state index contributed by atoms with van der Waals surface area (Å²) < 4.78 is -0.0162. The highest BCUT2D eigenvalue weighted by Gasteiger charge is 2.22. The average Bonchev–Trinajstić information content (AvgIpc) is 2.77. The van der Waals surface area contributed by atoms with Gasteiger partial charge in [0.15, 0.2) is 0 Å². The number of rotatable bonds is 5. The molecule has 0 fully saturated rings. The zero-order valence-corrected chi connectivity index (χ0v) is 26.2. The van der Waals surface area contributed by atoms with Gasteiger partial charge in [-0.1, -0.05) is 73.4 Å². The molecule has 0 aliphatic heterocycles. The number of nitrogen functional groups attached to an aromatic ring is 1. The van der Waals surface area contributed by atoms with Crippen LogP contribution in [0.4, 0.5) is 22.7 Å². The van der Waals surface area contributed by atoms with E-state index in [1.807, 2.05) is 41.5 Å². The molecule has 2 aromatic rings. The molecule has 37 heavy (non-hydrogen) atoms. The molecule has 2 aromatic carbocycles. The Morgan fingerprint density at radius 2 is 1.24 bits per heavy atom. The van der Waals surface area contributed by atoms with Gasteiger partial charge < -0.3 is 11.1 Å². The highest BCUT2D eigenvalue weighted by Crippen LogP contribution is 2.32. The van der Waals surface area contributed by atoms with Crippen molar-refractivity contribution in [3.63, 3.8) is 0 Å². The van der Waals surface area contributed by atoms with Crippen LogP contribution in [0, 0.1) is 20.2 Å². The fraction of sp³-hybridized carbons (Fsp3) is 0.417. The van der Waals surface area contributed by atoms with Crippen LogP contribution in [0.2, 0.25) is 0 Å². The van der Waals surface area contributed by atoms with E-state index in [2.05, 4.69) is 53.1 Å². The minimum absolute atomic E-state index is 0.0162. The molecule has 0 unspecified atom stereocenters. The number of halogens is 3. The lowest BCUT2D eigenvalue weighted by Gasteiger charge is -2.22. The topological polar surface area (TPSA) is 158 Å². The molecule has 3 N–H and O–H groups in total. The quantitative estimate of drug-likeness (QED) is 0.111. The summed E-state index contributed by atoms with van der Waals surface area (Å²) in [5, 5.41) is 24.4. The number of hydrogen-bond acceptors (Lipinski definition) is 7. The zero-order valence-electron chi connectivity index (χ0n) is 21.4. The van der Waals surface area contributed by atoms with Gasteiger partial charge >= 0.3 is 0 Å². The number of anilines is 2. The van der Waals surface area contributed by atoms with Crippen LogP contribution in [0.3, 0.4) is 0 Å². The molecule has 0 atom stereocenters. The fourth-order valence-corrected chi connectivity index (χ4v) is 3.07. The maximum Gasteiger partial charge on any atom is 0.271 e. The summed E-state index contributed by atoms with van der Waals surface area (Å²) in [7, 11) is 0. The zero-order chi connectivity index (χ0) is 29.1. The summed E-state index contributed by atoms with van der Waals surface area (Å²) in [6.45, 7) is 12.0. The Labute approximate surface area is 241 Å². The van der Waals surface area contributed by atoms with Gasteiger partial charge in [0.05, 0.1) is 26.2 Å². The van der Waals surface area contributed by atoms with E-state index in [-0.39, 0.29) is 38.1 Å². The highest BCUT2D eigenvalue weighted by molar-refractivity contribution is 9.19. The van der Waals surface area contributed by atoms with Crippen molar-refractivity contribution in [3.8, 4) is 0 Å². The molecule has 0 aliphatic rings. The van der Waals surface area contributed by atoms with Gasteiger partial charge in [-0.3, -0.25) is 29.8 Å². The molecule has 0 saturated heterocycles. The molecular formula is C24H31Br3N4O6. The first-order valence-corrected chi connectivity index (χ1v) is 13.8. The lowest BCUT2D eigenvalue weighted by Crippen LogP contribution is -2.19. The first kappa shape index (κ1) is 34.6. The third kappa shape index (κ3) is 12.6. The summed E-state index contributed by atoms with van der Waals surface area (Å²) in [6, 6.07) is 9.12. The van der Waals surface area contributed by atoms with Crippen LogP contribution >= 0.6 is 47.8 Å². The van der Waals surface area contributed by atoms with Crippen molar-refractivity contribution >= 4 is 81.1 Å². The molecule has 0 aromatic heterocycles. The van der Waals surface area contributed by atoms with E-state index < -0.39 is 9.85 Å². The van der Waals surface area contributed by atoms with E-state index >= 15 is 0 Å². The molecule has 204 valence electrons. The SMILES string of the molecule is CC(C)(C)c1ccc([N+](=O)[O-])cc1N.CC(C)(C)c1ccc([N+](=O)[O-])cc1NC(=O)CBr.O=C(Br)CBr. The minimum atomic E-state index is -0.476. The van der Waals surface area contributed by atoms with Gasteiger partial charge in [0, 0.05) is 30.0 Å². The second kappa shape index (κ2) is 15.1. The number of hydrogen-bond donors (Lipinski definition) is 2. The Morgan fingerprint density at radius 3 is 1.57 bits per heavy atom. The van der Waals surface area contributed by atoms with Crippen molar-refractivity contribution in [2.24, 2.45) is 0 Å². The summed E-state index contributed by atoms with van der Waals surface area (Å²) in [5.41, 5.74) is 8.22. The van der Waals surface area contributed by atoms with Crippen LogP contribution in [0.15, 0.2) is 36.4 Å². The predicted octanol–water partition coefficient (Wildman–Crippen LogP) is 7.00. The van der Waals surface area contributed by atoms with Gasteiger partial charge in [0.1, 0.15) is 0 Å². The fourth-order valence-electron chi connectivity index (χ4n) is 2.93. The maximum atomic E-state index is 11.4. The molecule has 0 heterocycles. The first-order valence-electron chi connectivity index (χ1n) is 10.8. The lowest BCUT2D eigenvalue weighted by molar-refractivity contribution is -0.385. The smallest absolute Gasteiger partial charge is 0.271 e. The van der Waals surface area contributed by atoms with Gasteiger partial charge in [-0.25, -0.2) is 0 Å². The summed E-state index contributed by atoms with van der Waals surface area (Å²) in [6.07, 6.45) is 0. The molecule has 10 nitrogen and oxygen atoms in total. The number of nitrogens with two attached hydrogens (primary N) is 1. The Hall–Kier alpha value is -2.38. The van der Waals surface area contributed by atoms with Crippen molar-refractivity contribution in [2.45, 2.75) is 52.4 Å². The van der Waals surface area contributed by atoms with Gasteiger partial charge in [-0.2, -0.15) is 0 Å². The van der Waals surface area contributed by atoms with Crippen LogP contribution in [-0.4, -0.2) is 31.1 Å². The van der Waals surface area contributed by atoms with Gasteiger partial charge in [0.2, 0.25) is 10.6 Å². The normalized spacial score (nSPS) is 10.7. The molecular weight excluding hydrogens is 680 g/mol. The molecule has 0 spiro atoms. The number of nitrogens with zero attached hydrogens (tertiary/aromatic N) is 2. The number of alkyl halides is 2.